The molecule has 2 aliphatic heterocycles. The molecule has 2 N–H and O–H groups in total. The van der Waals surface area contributed by atoms with E-state index in [9.17, 15) is 14.4 Å². The second kappa shape index (κ2) is 8.43. The number of aryl methyl sites for hydroxylation is 1. The molecular weight excluding hydrogens is 386 g/mol. The third-order valence-corrected chi connectivity index (χ3v) is 5.87. The number of ether oxygens (including phenoxy) is 1. The van der Waals surface area contributed by atoms with Gasteiger partial charge in [-0.3, -0.25) is 24.4 Å². The van der Waals surface area contributed by atoms with Gasteiger partial charge in [-0.15, -0.1) is 0 Å². The lowest BCUT2D eigenvalue weighted by Gasteiger charge is -2.29. The zero-order valence-electron chi connectivity index (χ0n) is 17.3. The highest BCUT2D eigenvalue weighted by Crippen LogP contribution is 2.34. The van der Waals surface area contributed by atoms with Crippen molar-refractivity contribution in [1.29, 1.82) is 0 Å². The lowest BCUT2D eigenvalue weighted by atomic mass is 9.93. The predicted molar refractivity (Wildman–Crippen MR) is 110 cm³/mol. The van der Waals surface area contributed by atoms with E-state index in [2.05, 4.69) is 27.7 Å². The number of carbonyl (C=O) groups excluding carboxylic acids is 3. The number of likely N-dealkylation sites (tertiary alicyclic amines) is 1. The number of benzene rings is 1. The first-order valence-electron chi connectivity index (χ1n) is 10.3. The Morgan fingerprint density at radius 1 is 1.23 bits per heavy atom. The van der Waals surface area contributed by atoms with Gasteiger partial charge in [0.1, 0.15) is 11.3 Å². The molecule has 2 aliphatic rings. The van der Waals surface area contributed by atoms with E-state index in [1.807, 2.05) is 12.1 Å². The second-order valence-corrected chi connectivity index (χ2v) is 8.10. The molecule has 4 rings (SSSR count). The fraction of sp³-hybridized carbons (Fsp3) is 0.524. The number of carbonyl (C=O) groups is 3. The number of nitrogens with one attached hydrogen (secondary N) is 2. The molecule has 3 amide bonds. The van der Waals surface area contributed by atoms with E-state index in [0.29, 0.717) is 24.3 Å². The van der Waals surface area contributed by atoms with Gasteiger partial charge in [0, 0.05) is 24.9 Å². The van der Waals surface area contributed by atoms with E-state index < -0.39 is 5.92 Å². The van der Waals surface area contributed by atoms with Crippen molar-refractivity contribution < 1.29 is 19.1 Å². The van der Waals surface area contributed by atoms with Gasteiger partial charge in [-0.1, -0.05) is 12.1 Å². The fourth-order valence-corrected chi connectivity index (χ4v) is 4.22. The third kappa shape index (κ3) is 4.16. The summed E-state index contributed by atoms with van der Waals surface area (Å²) in [6.45, 7) is 1.87. The first-order chi connectivity index (χ1) is 14.4. The fourth-order valence-electron chi connectivity index (χ4n) is 4.22. The number of nitrogens with zero attached hydrogens (tertiary/aromatic N) is 3. The van der Waals surface area contributed by atoms with E-state index in [1.54, 1.807) is 17.8 Å². The van der Waals surface area contributed by atoms with Gasteiger partial charge in [-0.2, -0.15) is 5.10 Å². The van der Waals surface area contributed by atoms with Crippen molar-refractivity contribution in [1.82, 2.24) is 25.3 Å². The van der Waals surface area contributed by atoms with Crippen LogP contribution in [-0.2, 0) is 21.4 Å². The number of fused-ring (bicyclic) bond motifs is 1. The zero-order chi connectivity index (χ0) is 21.3. The molecule has 1 aromatic carbocycles. The lowest BCUT2D eigenvalue weighted by Crippen LogP contribution is -2.44. The average Bonchev–Trinajstić information content (AvgIpc) is 3.05. The van der Waals surface area contributed by atoms with Gasteiger partial charge in [-0.05, 0) is 45.5 Å². The van der Waals surface area contributed by atoms with Gasteiger partial charge in [0.15, 0.2) is 6.61 Å². The van der Waals surface area contributed by atoms with E-state index in [-0.39, 0.29) is 30.4 Å². The number of imide groups is 1. The second-order valence-electron chi connectivity index (χ2n) is 8.10. The molecule has 2 aromatic rings. The van der Waals surface area contributed by atoms with E-state index in [0.717, 1.165) is 36.8 Å². The number of hydrogen-bond acceptors (Lipinski definition) is 6. The van der Waals surface area contributed by atoms with Gasteiger partial charge in [0.05, 0.1) is 11.6 Å². The van der Waals surface area contributed by atoms with Gasteiger partial charge >= 0.3 is 0 Å². The molecule has 1 aromatic heterocycles. The molecule has 2 fully saturated rings. The van der Waals surface area contributed by atoms with Crippen LogP contribution in [0.1, 0.15) is 37.3 Å². The Hall–Kier alpha value is -2.94. The maximum absolute atomic E-state index is 12.4. The van der Waals surface area contributed by atoms with Crippen LogP contribution in [0.2, 0.25) is 0 Å². The van der Waals surface area contributed by atoms with Crippen molar-refractivity contribution in [3.8, 4) is 5.75 Å². The summed E-state index contributed by atoms with van der Waals surface area (Å²) < 4.78 is 7.50. The largest absolute Gasteiger partial charge is 0.482 e. The van der Waals surface area contributed by atoms with Crippen molar-refractivity contribution in [2.45, 2.75) is 37.6 Å². The first-order valence-corrected chi connectivity index (χ1v) is 10.3. The van der Waals surface area contributed by atoms with Gasteiger partial charge in [0.25, 0.3) is 5.91 Å². The molecule has 0 saturated carbocycles. The van der Waals surface area contributed by atoms with Gasteiger partial charge < -0.3 is 15.0 Å². The minimum absolute atomic E-state index is 0.0790. The Morgan fingerprint density at radius 3 is 2.73 bits per heavy atom. The van der Waals surface area contributed by atoms with Crippen LogP contribution in [0.4, 0.5) is 0 Å². The van der Waals surface area contributed by atoms with Crippen LogP contribution < -0.4 is 15.4 Å². The molecule has 9 heteroatoms. The summed E-state index contributed by atoms with van der Waals surface area (Å²) in [4.78, 5) is 38.4. The van der Waals surface area contributed by atoms with E-state index in [4.69, 9.17) is 4.74 Å². The smallest absolute Gasteiger partial charge is 0.258 e. The van der Waals surface area contributed by atoms with Crippen molar-refractivity contribution >= 4 is 28.6 Å². The van der Waals surface area contributed by atoms with Crippen molar-refractivity contribution in [2.75, 3.05) is 26.7 Å². The highest BCUT2D eigenvalue weighted by molar-refractivity contribution is 6.03. The third-order valence-electron chi connectivity index (χ3n) is 5.87. The molecule has 30 heavy (non-hydrogen) atoms. The first kappa shape index (κ1) is 20.3. The summed E-state index contributed by atoms with van der Waals surface area (Å²) in [5.41, 5.74) is 1.35. The molecule has 0 bridgehead atoms. The topological polar surface area (TPSA) is 106 Å². The maximum Gasteiger partial charge on any atom is 0.258 e. The molecule has 0 aliphatic carbocycles. The summed E-state index contributed by atoms with van der Waals surface area (Å²) >= 11 is 0. The van der Waals surface area contributed by atoms with Crippen LogP contribution in [0, 0.1) is 0 Å². The standard InChI is InChI=1S/C21H27N5O4/c1-25-10-8-13(9-11-25)22-18(28)12-30-16-5-3-4-14-19(24-26(2)20(14)16)15-6-7-17(27)23-21(15)29/h3-5,13,15H,6-12H2,1-2H3,(H,22,28)(H,23,27,29). The predicted octanol–water partition coefficient (Wildman–Crippen LogP) is 0.683. The average molecular weight is 413 g/mol. The summed E-state index contributed by atoms with van der Waals surface area (Å²) in [5.74, 6) is -0.658. The number of aromatic nitrogens is 2. The highest BCUT2D eigenvalue weighted by atomic mass is 16.5. The van der Waals surface area contributed by atoms with Crippen LogP contribution in [0.15, 0.2) is 18.2 Å². The van der Waals surface area contributed by atoms with Crippen LogP contribution in [0.5, 0.6) is 5.75 Å². The van der Waals surface area contributed by atoms with Crippen LogP contribution >= 0.6 is 0 Å². The van der Waals surface area contributed by atoms with Gasteiger partial charge in [-0.25, -0.2) is 0 Å². The maximum atomic E-state index is 12.4. The number of piperidine rings is 2. The Bertz CT molecular complexity index is 977. The van der Waals surface area contributed by atoms with Crippen molar-refractivity contribution in [2.24, 2.45) is 7.05 Å². The monoisotopic (exact) mass is 413 g/mol. The number of para-hydroxylation sites is 1. The Morgan fingerprint density at radius 2 is 2.00 bits per heavy atom. The Kier molecular flexibility index (Phi) is 5.72. The van der Waals surface area contributed by atoms with Crippen LogP contribution in [-0.4, -0.2) is 65.2 Å². The molecule has 1 atom stereocenters. The molecule has 0 spiro atoms. The highest BCUT2D eigenvalue weighted by Gasteiger charge is 2.32. The van der Waals surface area contributed by atoms with Crippen molar-refractivity contribution in [3.05, 3.63) is 23.9 Å². The minimum atomic E-state index is -0.477. The molecule has 3 heterocycles. The van der Waals surface area contributed by atoms with Crippen LogP contribution in [0.25, 0.3) is 10.9 Å². The summed E-state index contributed by atoms with van der Waals surface area (Å²) in [6, 6.07) is 5.68. The summed E-state index contributed by atoms with van der Waals surface area (Å²) in [6.07, 6.45) is 2.60. The molecular formula is C21H27N5O4. The van der Waals surface area contributed by atoms with Gasteiger partial charge in [0.2, 0.25) is 11.8 Å². The SMILES string of the molecule is CN1CCC(NC(=O)COc2cccc3c(C4CCC(=O)NC4=O)nn(C)c23)CC1. The Labute approximate surface area is 174 Å². The Balaban J connectivity index is 1.47. The lowest BCUT2D eigenvalue weighted by molar-refractivity contribution is -0.134. The number of hydrogen-bond donors (Lipinski definition) is 2. The summed E-state index contributed by atoms with van der Waals surface area (Å²) in [5, 5.41) is 10.8. The molecule has 2 saturated heterocycles. The zero-order valence-corrected chi connectivity index (χ0v) is 17.3. The number of amides is 3. The summed E-state index contributed by atoms with van der Waals surface area (Å²) in [7, 11) is 3.86. The molecule has 9 nitrogen and oxygen atoms in total. The van der Waals surface area contributed by atoms with Crippen molar-refractivity contribution in [3.63, 3.8) is 0 Å². The normalized spacial score (nSPS) is 20.9. The molecule has 1 unspecified atom stereocenters. The quantitative estimate of drug-likeness (QED) is 0.699. The van der Waals surface area contributed by atoms with E-state index in [1.165, 1.54) is 0 Å². The van der Waals surface area contributed by atoms with E-state index >= 15 is 0 Å². The molecule has 0 radical (unpaired) electrons. The van der Waals surface area contributed by atoms with Crippen LogP contribution in [0.3, 0.4) is 0 Å². The molecule has 160 valence electrons. The number of rotatable bonds is 5. The minimum Gasteiger partial charge on any atom is -0.482 e.